The van der Waals surface area contributed by atoms with Gasteiger partial charge in [-0.1, -0.05) is 0 Å². The van der Waals surface area contributed by atoms with Gasteiger partial charge < -0.3 is 0 Å². The van der Waals surface area contributed by atoms with E-state index in [1.54, 1.807) is 19.3 Å². The number of rotatable bonds is 2. The quantitative estimate of drug-likeness (QED) is 0.786. The molecule has 0 bridgehead atoms. The summed E-state index contributed by atoms with van der Waals surface area (Å²) in [6.45, 7) is 2.17. The number of pyridine rings is 1. The molecule has 0 saturated carbocycles. The molecule has 0 atom stereocenters. The predicted octanol–water partition coefficient (Wildman–Crippen LogP) is 0.288. The van der Waals surface area contributed by atoms with Gasteiger partial charge in [0.15, 0.2) is 0 Å². The van der Waals surface area contributed by atoms with Crippen molar-refractivity contribution in [2.75, 3.05) is 0 Å². The molecule has 5 heteroatoms. The maximum absolute atomic E-state index is 11.6. The summed E-state index contributed by atoms with van der Waals surface area (Å²) in [6.07, 6.45) is 3.34. The number of H-pyrrole nitrogens is 1. The number of aryl methyl sites for hydroxylation is 1. The van der Waals surface area contributed by atoms with Gasteiger partial charge in [-0.25, -0.2) is 4.79 Å². The summed E-state index contributed by atoms with van der Waals surface area (Å²) in [5.41, 5.74) is 0.855. The van der Waals surface area contributed by atoms with E-state index in [0.29, 0.717) is 12.2 Å². The number of hydrogen-bond donors (Lipinski definition) is 1. The van der Waals surface area contributed by atoms with Crippen LogP contribution in [0.15, 0.2) is 40.2 Å². The van der Waals surface area contributed by atoms with Crippen LogP contribution in [0.25, 0.3) is 0 Å². The minimum absolute atomic E-state index is 0.367. The fraction of sp³-hybridized carbons (Fsp3) is 0.182. The first-order valence-corrected chi connectivity index (χ1v) is 4.86. The Hall–Kier alpha value is -2.17. The smallest absolute Gasteiger partial charge is 0.294 e. The van der Waals surface area contributed by atoms with Gasteiger partial charge in [0.1, 0.15) is 0 Å². The van der Waals surface area contributed by atoms with Crippen LogP contribution in [0.5, 0.6) is 0 Å². The molecule has 0 aliphatic rings. The molecule has 0 aromatic carbocycles. The van der Waals surface area contributed by atoms with Crippen LogP contribution in [0.2, 0.25) is 0 Å². The molecular formula is C11H11N3O2. The van der Waals surface area contributed by atoms with Gasteiger partial charge in [-0.15, -0.1) is 0 Å². The lowest BCUT2D eigenvalue weighted by molar-refractivity contribution is 0.693. The van der Waals surface area contributed by atoms with Crippen molar-refractivity contribution >= 4 is 0 Å². The van der Waals surface area contributed by atoms with E-state index in [1.165, 1.54) is 10.6 Å². The van der Waals surface area contributed by atoms with Gasteiger partial charge in [0.05, 0.1) is 6.54 Å². The fourth-order valence-corrected chi connectivity index (χ4v) is 1.50. The molecule has 1 N–H and O–H groups in total. The topological polar surface area (TPSA) is 67.8 Å². The van der Waals surface area contributed by atoms with Crippen molar-refractivity contribution in [3.05, 3.63) is 62.7 Å². The SMILES string of the molecule is Cc1cc(=O)[nH]c(=O)n1Cc1ccncc1. The van der Waals surface area contributed by atoms with Crippen LogP contribution >= 0.6 is 0 Å². The number of hydrogen-bond acceptors (Lipinski definition) is 3. The molecule has 0 spiro atoms. The van der Waals surface area contributed by atoms with Crippen molar-refractivity contribution in [1.82, 2.24) is 14.5 Å². The standard InChI is InChI=1S/C11H11N3O2/c1-8-6-10(15)13-11(16)14(8)7-9-2-4-12-5-3-9/h2-6H,7H2,1H3,(H,13,15,16). The van der Waals surface area contributed by atoms with Gasteiger partial charge in [-0.2, -0.15) is 0 Å². The number of aromatic amines is 1. The monoisotopic (exact) mass is 217 g/mol. The third-order valence-corrected chi connectivity index (χ3v) is 2.33. The highest BCUT2D eigenvalue weighted by molar-refractivity contribution is 5.12. The highest BCUT2D eigenvalue weighted by Gasteiger charge is 2.02. The lowest BCUT2D eigenvalue weighted by atomic mass is 10.2. The number of nitrogens with one attached hydrogen (secondary N) is 1. The van der Waals surface area contributed by atoms with Crippen molar-refractivity contribution in [2.45, 2.75) is 13.5 Å². The Labute approximate surface area is 91.4 Å². The number of aromatic nitrogens is 3. The van der Waals surface area contributed by atoms with Crippen LogP contribution in [-0.4, -0.2) is 14.5 Å². The Kier molecular flexibility index (Phi) is 2.68. The molecule has 0 fully saturated rings. The summed E-state index contributed by atoms with van der Waals surface area (Å²) in [7, 11) is 0. The highest BCUT2D eigenvalue weighted by atomic mass is 16.2. The first-order chi connectivity index (χ1) is 7.66. The molecule has 0 radical (unpaired) electrons. The summed E-state index contributed by atoms with van der Waals surface area (Å²) in [4.78, 5) is 28.7. The third-order valence-electron chi connectivity index (χ3n) is 2.33. The van der Waals surface area contributed by atoms with E-state index in [4.69, 9.17) is 0 Å². The second-order valence-corrected chi connectivity index (χ2v) is 3.52. The molecule has 2 aromatic rings. The zero-order valence-electron chi connectivity index (χ0n) is 8.80. The van der Waals surface area contributed by atoms with E-state index >= 15 is 0 Å². The Morgan fingerprint density at radius 3 is 2.62 bits per heavy atom. The average molecular weight is 217 g/mol. The predicted molar refractivity (Wildman–Crippen MR) is 59.4 cm³/mol. The summed E-state index contributed by atoms with van der Waals surface area (Å²) in [5.74, 6) is 0. The molecule has 82 valence electrons. The molecule has 0 unspecified atom stereocenters. The Morgan fingerprint density at radius 2 is 2.00 bits per heavy atom. The summed E-state index contributed by atoms with van der Waals surface area (Å²) in [5, 5.41) is 0. The summed E-state index contributed by atoms with van der Waals surface area (Å²) < 4.78 is 1.51. The summed E-state index contributed by atoms with van der Waals surface area (Å²) in [6, 6.07) is 5.07. The number of nitrogens with zero attached hydrogens (tertiary/aromatic N) is 2. The molecule has 2 aromatic heterocycles. The van der Waals surface area contributed by atoms with Gasteiger partial charge in [0.25, 0.3) is 5.56 Å². The van der Waals surface area contributed by atoms with Crippen LogP contribution in [-0.2, 0) is 6.54 Å². The molecular weight excluding hydrogens is 206 g/mol. The molecule has 2 heterocycles. The fourth-order valence-electron chi connectivity index (χ4n) is 1.50. The normalized spacial score (nSPS) is 10.3. The zero-order chi connectivity index (χ0) is 11.5. The van der Waals surface area contributed by atoms with E-state index < -0.39 is 0 Å². The average Bonchev–Trinajstić information content (AvgIpc) is 2.25. The summed E-state index contributed by atoms with van der Waals surface area (Å²) >= 11 is 0. The van der Waals surface area contributed by atoms with Gasteiger partial charge in [-0.3, -0.25) is 19.3 Å². The van der Waals surface area contributed by atoms with Crippen molar-refractivity contribution < 1.29 is 0 Å². The van der Waals surface area contributed by atoms with E-state index in [-0.39, 0.29) is 11.2 Å². The van der Waals surface area contributed by atoms with Crippen molar-refractivity contribution in [1.29, 1.82) is 0 Å². The van der Waals surface area contributed by atoms with E-state index in [9.17, 15) is 9.59 Å². The van der Waals surface area contributed by atoms with Crippen LogP contribution in [0, 0.1) is 6.92 Å². The van der Waals surface area contributed by atoms with Crippen molar-refractivity contribution in [3.8, 4) is 0 Å². The molecule has 0 aliphatic carbocycles. The van der Waals surface area contributed by atoms with Crippen molar-refractivity contribution in [2.24, 2.45) is 0 Å². The van der Waals surface area contributed by atoms with E-state index in [1.807, 2.05) is 12.1 Å². The molecule has 0 amide bonds. The zero-order valence-corrected chi connectivity index (χ0v) is 8.80. The second kappa shape index (κ2) is 4.14. The molecule has 2 rings (SSSR count). The van der Waals surface area contributed by atoms with Crippen LogP contribution in [0.4, 0.5) is 0 Å². The first-order valence-electron chi connectivity index (χ1n) is 4.86. The molecule has 16 heavy (non-hydrogen) atoms. The second-order valence-electron chi connectivity index (χ2n) is 3.52. The van der Waals surface area contributed by atoms with Gasteiger partial charge in [0, 0.05) is 24.2 Å². The Bertz CT molecular complexity index is 599. The van der Waals surface area contributed by atoms with Gasteiger partial charge >= 0.3 is 5.69 Å². The minimum atomic E-state index is -0.387. The van der Waals surface area contributed by atoms with E-state index in [0.717, 1.165) is 5.56 Å². The van der Waals surface area contributed by atoms with Crippen molar-refractivity contribution in [3.63, 3.8) is 0 Å². The van der Waals surface area contributed by atoms with Crippen LogP contribution in [0.3, 0.4) is 0 Å². The van der Waals surface area contributed by atoms with E-state index in [2.05, 4.69) is 9.97 Å². The Morgan fingerprint density at radius 1 is 1.31 bits per heavy atom. The molecule has 0 aliphatic heterocycles. The maximum Gasteiger partial charge on any atom is 0.328 e. The molecule has 5 nitrogen and oxygen atoms in total. The first kappa shape index (κ1) is 10.4. The molecule has 0 saturated heterocycles. The van der Waals surface area contributed by atoms with Crippen LogP contribution < -0.4 is 11.2 Å². The van der Waals surface area contributed by atoms with Gasteiger partial charge in [-0.05, 0) is 24.6 Å². The lowest BCUT2D eigenvalue weighted by Gasteiger charge is -2.07. The highest BCUT2D eigenvalue weighted by Crippen LogP contribution is 2.00. The lowest BCUT2D eigenvalue weighted by Crippen LogP contribution is -2.31. The maximum atomic E-state index is 11.6. The Balaban J connectivity index is 2.43. The van der Waals surface area contributed by atoms with Gasteiger partial charge in [0.2, 0.25) is 0 Å². The van der Waals surface area contributed by atoms with Crippen LogP contribution in [0.1, 0.15) is 11.3 Å². The third kappa shape index (κ3) is 2.08. The minimum Gasteiger partial charge on any atom is -0.294 e. The largest absolute Gasteiger partial charge is 0.328 e.